The summed E-state index contributed by atoms with van der Waals surface area (Å²) < 4.78 is 37.1. The van der Waals surface area contributed by atoms with Gasteiger partial charge in [-0.1, -0.05) is 6.07 Å². The van der Waals surface area contributed by atoms with Crippen LogP contribution in [0.3, 0.4) is 0 Å². The maximum absolute atomic E-state index is 12.9. The lowest BCUT2D eigenvalue weighted by atomic mass is 10.2. The topological polar surface area (TPSA) is 94.4 Å². The molecule has 3 rings (SSSR count). The van der Waals surface area contributed by atoms with E-state index in [2.05, 4.69) is 4.74 Å². The predicted molar refractivity (Wildman–Crippen MR) is 105 cm³/mol. The van der Waals surface area contributed by atoms with Crippen LogP contribution in [0, 0.1) is 0 Å². The van der Waals surface area contributed by atoms with Crippen molar-refractivity contribution < 1.29 is 32.4 Å². The molecule has 1 fully saturated rings. The smallest absolute Gasteiger partial charge is 0.343 e. The molecule has 1 heterocycles. The molecule has 8 nitrogen and oxygen atoms in total. The van der Waals surface area contributed by atoms with Gasteiger partial charge in [-0.3, -0.25) is 0 Å². The molecule has 0 radical (unpaired) electrons. The lowest BCUT2D eigenvalue weighted by Gasteiger charge is -2.29. The molecule has 154 valence electrons. The number of hydrogen-bond donors (Lipinski definition) is 1. The highest BCUT2D eigenvalue weighted by molar-refractivity contribution is 7.89. The Morgan fingerprint density at radius 3 is 2.24 bits per heavy atom. The molecule has 0 saturated carbocycles. The van der Waals surface area contributed by atoms with E-state index in [1.165, 1.54) is 64.8 Å². The van der Waals surface area contributed by atoms with Crippen molar-refractivity contribution in [2.24, 2.45) is 0 Å². The average molecular weight is 419 g/mol. The van der Waals surface area contributed by atoms with E-state index in [4.69, 9.17) is 4.74 Å². The minimum absolute atomic E-state index is 0.0625. The fourth-order valence-corrected chi connectivity index (χ4v) is 4.47. The number of piperazine rings is 1. The van der Waals surface area contributed by atoms with E-state index in [1.54, 1.807) is 0 Å². The Bertz CT molecular complexity index is 996. The number of hydrogen-bond acceptors (Lipinski definition) is 6. The number of rotatable bonds is 5. The Balaban J connectivity index is 1.75. The number of nitrogens with zero attached hydrogens (tertiary/aromatic N) is 1. The van der Waals surface area contributed by atoms with Gasteiger partial charge >= 0.3 is 11.9 Å². The van der Waals surface area contributed by atoms with Crippen LogP contribution in [0.15, 0.2) is 53.4 Å². The number of likely N-dealkylation sites (N-methyl/N-ethyl adjacent to an activating group) is 1. The number of sulfonamides is 1. The summed E-state index contributed by atoms with van der Waals surface area (Å²) in [6, 6.07) is 11.7. The van der Waals surface area contributed by atoms with E-state index in [-0.39, 0.29) is 16.2 Å². The summed E-state index contributed by atoms with van der Waals surface area (Å²) in [5.41, 5.74) is 0.456. The van der Waals surface area contributed by atoms with Gasteiger partial charge in [0.1, 0.15) is 5.75 Å². The molecule has 1 aliphatic heterocycles. The van der Waals surface area contributed by atoms with Crippen molar-refractivity contribution in [1.29, 1.82) is 0 Å². The van der Waals surface area contributed by atoms with Crippen LogP contribution in [0.2, 0.25) is 0 Å². The molecule has 0 aliphatic carbocycles. The molecular weight excluding hydrogens is 396 g/mol. The Morgan fingerprint density at radius 2 is 1.62 bits per heavy atom. The standard InChI is InChI=1S/C20H22N2O6S/c1-21-10-12-22(13-11-21)29(25,26)18-5-3-4-16(14-18)20(24)28-17-8-6-15(7-9-17)19(23)27-2/h3-9,14H,10-13H2,1-2H3/p+1. The quantitative estimate of drug-likeness (QED) is 0.550. The zero-order valence-corrected chi connectivity index (χ0v) is 17.1. The summed E-state index contributed by atoms with van der Waals surface area (Å²) in [7, 11) is -0.367. The molecule has 0 bridgehead atoms. The molecule has 2 aromatic carbocycles. The number of carbonyl (C=O) groups excluding carboxylic acids is 2. The average Bonchev–Trinajstić information content (AvgIpc) is 2.74. The highest BCUT2D eigenvalue weighted by Gasteiger charge is 2.29. The van der Waals surface area contributed by atoms with Gasteiger partial charge in [-0.05, 0) is 42.5 Å². The van der Waals surface area contributed by atoms with E-state index in [1.807, 2.05) is 7.05 Å². The molecule has 2 aromatic rings. The summed E-state index contributed by atoms with van der Waals surface area (Å²) >= 11 is 0. The van der Waals surface area contributed by atoms with Gasteiger partial charge in [0.2, 0.25) is 10.0 Å². The molecule has 1 N–H and O–H groups in total. The van der Waals surface area contributed by atoms with Crippen LogP contribution < -0.4 is 9.64 Å². The summed E-state index contributed by atoms with van der Waals surface area (Å²) in [4.78, 5) is 25.3. The second kappa shape index (κ2) is 8.73. The molecular formula is C20H23N2O6S+. The van der Waals surface area contributed by atoms with Crippen molar-refractivity contribution in [2.45, 2.75) is 4.90 Å². The second-order valence-electron chi connectivity index (χ2n) is 6.79. The number of carbonyl (C=O) groups is 2. The van der Waals surface area contributed by atoms with E-state index in [0.717, 1.165) is 13.1 Å². The van der Waals surface area contributed by atoms with Crippen LogP contribution in [0.4, 0.5) is 0 Å². The van der Waals surface area contributed by atoms with Gasteiger partial charge in [0.25, 0.3) is 0 Å². The van der Waals surface area contributed by atoms with E-state index in [9.17, 15) is 18.0 Å². The maximum atomic E-state index is 12.9. The fraction of sp³-hybridized carbons (Fsp3) is 0.300. The van der Waals surface area contributed by atoms with Crippen molar-refractivity contribution in [3.63, 3.8) is 0 Å². The third-order valence-electron chi connectivity index (χ3n) is 4.77. The Labute approximate surface area is 169 Å². The first kappa shape index (κ1) is 21.0. The lowest BCUT2D eigenvalue weighted by molar-refractivity contribution is -0.883. The van der Waals surface area contributed by atoms with E-state index >= 15 is 0 Å². The zero-order valence-electron chi connectivity index (χ0n) is 16.3. The number of benzene rings is 2. The molecule has 0 amide bonds. The number of ether oxygens (including phenoxy) is 2. The van der Waals surface area contributed by atoms with Crippen molar-refractivity contribution in [3.05, 3.63) is 59.7 Å². The highest BCUT2D eigenvalue weighted by atomic mass is 32.2. The Morgan fingerprint density at radius 1 is 0.966 bits per heavy atom. The first-order valence-corrected chi connectivity index (χ1v) is 10.6. The fourth-order valence-electron chi connectivity index (χ4n) is 2.98. The number of esters is 2. The van der Waals surface area contributed by atoms with E-state index < -0.39 is 22.0 Å². The molecule has 0 atom stereocenters. The third-order valence-corrected chi connectivity index (χ3v) is 6.66. The van der Waals surface area contributed by atoms with Crippen molar-refractivity contribution in [1.82, 2.24) is 4.31 Å². The van der Waals surface area contributed by atoms with Gasteiger partial charge in [0.05, 0.1) is 56.4 Å². The van der Waals surface area contributed by atoms with Gasteiger partial charge in [0.15, 0.2) is 0 Å². The SMILES string of the molecule is COC(=O)c1ccc(OC(=O)c2cccc(S(=O)(=O)N3CC[NH+](C)CC3)c2)cc1. The number of nitrogens with one attached hydrogen (secondary N) is 1. The number of methoxy groups -OCH3 is 1. The van der Waals surface area contributed by atoms with Gasteiger partial charge in [-0.2, -0.15) is 4.31 Å². The lowest BCUT2D eigenvalue weighted by Crippen LogP contribution is -3.12. The van der Waals surface area contributed by atoms with Crippen LogP contribution in [0.1, 0.15) is 20.7 Å². The monoisotopic (exact) mass is 419 g/mol. The summed E-state index contributed by atoms with van der Waals surface area (Å²) in [6.45, 7) is 2.36. The summed E-state index contributed by atoms with van der Waals surface area (Å²) in [5, 5.41) is 0. The van der Waals surface area contributed by atoms with Crippen molar-refractivity contribution in [3.8, 4) is 5.75 Å². The number of quaternary nitrogens is 1. The minimum atomic E-state index is -3.67. The zero-order chi connectivity index (χ0) is 21.0. The van der Waals surface area contributed by atoms with Gasteiger partial charge in [-0.15, -0.1) is 0 Å². The molecule has 1 aliphatic rings. The van der Waals surface area contributed by atoms with Crippen molar-refractivity contribution >= 4 is 22.0 Å². The van der Waals surface area contributed by atoms with Crippen LogP contribution in [-0.4, -0.2) is 65.0 Å². The van der Waals surface area contributed by atoms with Crippen LogP contribution in [-0.2, 0) is 14.8 Å². The normalized spacial score (nSPS) is 15.7. The molecule has 0 aromatic heterocycles. The van der Waals surface area contributed by atoms with Crippen molar-refractivity contribution in [2.75, 3.05) is 40.3 Å². The van der Waals surface area contributed by atoms with E-state index in [0.29, 0.717) is 18.7 Å². The largest absolute Gasteiger partial charge is 0.465 e. The van der Waals surface area contributed by atoms with Gasteiger partial charge in [-0.25, -0.2) is 18.0 Å². The minimum Gasteiger partial charge on any atom is -0.465 e. The molecule has 29 heavy (non-hydrogen) atoms. The Hall–Kier alpha value is -2.75. The van der Waals surface area contributed by atoms with Crippen LogP contribution >= 0.6 is 0 Å². The van der Waals surface area contributed by atoms with Gasteiger partial charge in [0, 0.05) is 0 Å². The maximum Gasteiger partial charge on any atom is 0.343 e. The summed E-state index contributed by atoms with van der Waals surface area (Å²) in [6.07, 6.45) is 0. The first-order chi connectivity index (χ1) is 13.8. The molecule has 0 unspecified atom stereocenters. The van der Waals surface area contributed by atoms with Crippen LogP contribution in [0.5, 0.6) is 5.75 Å². The summed E-state index contributed by atoms with van der Waals surface area (Å²) in [5.74, 6) is -0.945. The first-order valence-electron chi connectivity index (χ1n) is 9.13. The van der Waals surface area contributed by atoms with Crippen LogP contribution in [0.25, 0.3) is 0 Å². The Kier molecular flexibility index (Phi) is 6.31. The molecule has 9 heteroatoms. The molecule has 0 spiro atoms. The third kappa shape index (κ3) is 4.81. The van der Waals surface area contributed by atoms with Gasteiger partial charge < -0.3 is 14.4 Å². The predicted octanol–water partition coefficient (Wildman–Crippen LogP) is 0.211. The second-order valence-corrected chi connectivity index (χ2v) is 8.73. The molecule has 1 saturated heterocycles. The highest BCUT2D eigenvalue weighted by Crippen LogP contribution is 2.19.